The highest BCUT2D eigenvalue weighted by Gasteiger charge is 2.37. The third-order valence-electron chi connectivity index (χ3n) is 2.81. The van der Waals surface area contributed by atoms with Gasteiger partial charge in [0.15, 0.2) is 0 Å². The lowest BCUT2D eigenvalue weighted by atomic mass is 10.1. The Labute approximate surface area is 122 Å². The van der Waals surface area contributed by atoms with Crippen LogP contribution in [0, 0.1) is 10.1 Å². The lowest BCUT2D eigenvalue weighted by Crippen LogP contribution is -2.41. The number of carbonyl (C=O) groups excluding carboxylic acids is 1. The molecule has 106 valence electrons. The minimum absolute atomic E-state index is 0.178. The summed E-state index contributed by atoms with van der Waals surface area (Å²) in [6.45, 7) is 0. The van der Waals surface area contributed by atoms with Crippen LogP contribution < -0.4 is 0 Å². The first kappa shape index (κ1) is 14.6. The molecule has 0 radical (unpaired) electrons. The van der Waals surface area contributed by atoms with Gasteiger partial charge in [0.1, 0.15) is 11.6 Å². The zero-order valence-corrected chi connectivity index (χ0v) is 11.6. The van der Waals surface area contributed by atoms with Crippen molar-refractivity contribution in [3.8, 4) is 0 Å². The van der Waals surface area contributed by atoms with E-state index in [9.17, 15) is 19.7 Å². The molecule has 1 saturated heterocycles. The average Bonchev–Trinajstić information content (AvgIpc) is 2.86. The molecule has 1 aromatic carbocycles. The quantitative estimate of drug-likeness (QED) is 0.674. The topological polar surface area (TPSA) is 101 Å². The Morgan fingerprint density at radius 2 is 2.20 bits per heavy atom. The summed E-state index contributed by atoms with van der Waals surface area (Å²) < 4.78 is 0. The van der Waals surface area contributed by atoms with Crippen molar-refractivity contribution in [2.24, 2.45) is 0 Å². The van der Waals surface area contributed by atoms with E-state index >= 15 is 0 Å². The molecular weight excluding hydrogens is 308 g/mol. The van der Waals surface area contributed by atoms with E-state index in [0.717, 1.165) is 11.0 Å². The van der Waals surface area contributed by atoms with E-state index in [2.05, 4.69) is 0 Å². The molecule has 1 unspecified atom stereocenters. The molecule has 1 aliphatic rings. The maximum Gasteiger partial charge on any atom is 0.327 e. The minimum Gasteiger partial charge on any atom is -0.480 e. The zero-order valence-electron chi connectivity index (χ0n) is 9.98. The number of nitro groups is 1. The van der Waals surface area contributed by atoms with Gasteiger partial charge in [0.2, 0.25) is 0 Å². The predicted molar refractivity (Wildman–Crippen MR) is 73.0 cm³/mol. The molecule has 0 saturated carbocycles. The molecule has 7 nitrogen and oxygen atoms in total. The second kappa shape index (κ2) is 5.68. The van der Waals surface area contributed by atoms with Gasteiger partial charge in [-0.1, -0.05) is 11.6 Å². The number of rotatable bonds is 3. The van der Waals surface area contributed by atoms with Crippen molar-refractivity contribution in [2.45, 2.75) is 6.04 Å². The number of carboxylic acid groups (broad SMARTS) is 1. The molecule has 1 aliphatic heterocycles. The van der Waals surface area contributed by atoms with Crippen LogP contribution in [0.25, 0.3) is 0 Å². The summed E-state index contributed by atoms with van der Waals surface area (Å²) in [7, 11) is 0. The summed E-state index contributed by atoms with van der Waals surface area (Å²) in [6.07, 6.45) is 0. The van der Waals surface area contributed by atoms with E-state index in [1.165, 1.54) is 23.9 Å². The second-order valence-electron chi connectivity index (χ2n) is 4.05. The van der Waals surface area contributed by atoms with Crippen molar-refractivity contribution in [2.75, 3.05) is 11.6 Å². The van der Waals surface area contributed by atoms with Gasteiger partial charge in [-0.3, -0.25) is 14.9 Å². The normalized spacial score (nSPS) is 18.1. The van der Waals surface area contributed by atoms with Crippen LogP contribution in [-0.2, 0) is 4.79 Å². The van der Waals surface area contributed by atoms with Gasteiger partial charge in [-0.15, -0.1) is 11.8 Å². The smallest absolute Gasteiger partial charge is 0.327 e. The molecule has 0 spiro atoms. The number of carboxylic acids is 1. The predicted octanol–water partition coefficient (Wildman–Crippen LogP) is 1.85. The number of amides is 1. The summed E-state index contributed by atoms with van der Waals surface area (Å²) in [5.74, 6) is -1.39. The van der Waals surface area contributed by atoms with Crippen molar-refractivity contribution in [3.63, 3.8) is 0 Å². The summed E-state index contributed by atoms with van der Waals surface area (Å²) in [5.41, 5.74) is -0.586. The van der Waals surface area contributed by atoms with Crippen LogP contribution in [0.3, 0.4) is 0 Å². The lowest BCUT2D eigenvalue weighted by Gasteiger charge is -2.20. The molecule has 1 heterocycles. The number of carbonyl (C=O) groups is 2. The van der Waals surface area contributed by atoms with Gasteiger partial charge in [0, 0.05) is 16.8 Å². The second-order valence-corrected chi connectivity index (χ2v) is 5.48. The summed E-state index contributed by atoms with van der Waals surface area (Å²) in [6, 6.07) is 2.65. The Kier molecular flexibility index (Phi) is 4.15. The van der Waals surface area contributed by atoms with Crippen LogP contribution >= 0.6 is 23.4 Å². The molecule has 0 bridgehead atoms. The fourth-order valence-corrected chi connectivity index (χ4v) is 3.16. The van der Waals surface area contributed by atoms with Gasteiger partial charge in [0.05, 0.1) is 10.8 Å². The van der Waals surface area contributed by atoms with E-state index < -0.39 is 22.8 Å². The molecule has 1 amide bonds. The van der Waals surface area contributed by atoms with Crippen LogP contribution in [0.5, 0.6) is 0 Å². The first-order valence-corrected chi connectivity index (χ1v) is 7.00. The highest BCUT2D eigenvalue weighted by molar-refractivity contribution is 7.99. The highest BCUT2D eigenvalue weighted by atomic mass is 35.5. The van der Waals surface area contributed by atoms with Crippen molar-refractivity contribution in [1.29, 1.82) is 0 Å². The maximum atomic E-state index is 12.3. The lowest BCUT2D eigenvalue weighted by molar-refractivity contribution is -0.385. The third kappa shape index (κ3) is 2.70. The van der Waals surface area contributed by atoms with Gasteiger partial charge in [-0.2, -0.15) is 0 Å². The molecule has 9 heteroatoms. The number of aliphatic carboxylic acids is 1. The summed E-state index contributed by atoms with van der Waals surface area (Å²) in [4.78, 5) is 34.7. The van der Waals surface area contributed by atoms with Crippen molar-refractivity contribution in [3.05, 3.63) is 38.9 Å². The third-order valence-corrected chi connectivity index (χ3v) is 4.06. The highest BCUT2D eigenvalue weighted by Crippen LogP contribution is 2.28. The van der Waals surface area contributed by atoms with Gasteiger partial charge in [-0.25, -0.2) is 4.79 Å². The summed E-state index contributed by atoms with van der Waals surface area (Å²) >= 11 is 7.04. The van der Waals surface area contributed by atoms with Crippen molar-refractivity contribution in [1.82, 2.24) is 4.90 Å². The van der Waals surface area contributed by atoms with E-state index in [1.54, 1.807) is 0 Å². The monoisotopic (exact) mass is 316 g/mol. The molecule has 0 aromatic heterocycles. The fraction of sp³-hybridized carbons (Fsp3) is 0.273. The number of benzene rings is 1. The number of hydrogen-bond donors (Lipinski definition) is 1. The average molecular weight is 317 g/mol. The molecule has 1 fully saturated rings. The first-order valence-electron chi connectivity index (χ1n) is 5.47. The zero-order chi connectivity index (χ0) is 14.9. The van der Waals surface area contributed by atoms with Crippen LogP contribution in [0.1, 0.15) is 10.4 Å². The number of halogens is 1. The standard InChI is InChI=1S/C11H9ClN2O5S/c12-6-1-2-8(14(18)19)7(3-6)10(15)13-5-20-4-9(13)11(16)17/h1-3,9H,4-5H2,(H,16,17). The molecule has 2 rings (SSSR count). The van der Waals surface area contributed by atoms with Crippen LogP contribution in [0.15, 0.2) is 18.2 Å². The van der Waals surface area contributed by atoms with Gasteiger partial charge >= 0.3 is 5.97 Å². The molecule has 20 heavy (non-hydrogen) atoms. The van der Waals surface area contributed by atoms with Gasteiger partial charge in [0.25, 0.3) is 11.6 Å². The Morgan fingerprint density at radius 1 is 1.50 bits per heavy atom. The fourth-order valence-electron chi connectivity index (χ4n) is 1.84. The Bertz CT molecular complexity index is 594. The van der Waals surface area contributed by atoms with Crippen LogP contribution in [-0.4, -0.2) is 44.5 Å². The van der Waals surface area contributed by atoms with E-state index in [0.29, 0.717) is 0 Å². The Morgan fingerprint density at radius 3 is 2.80 bits per heavy atom. The SMILES string of the molecule is O=C(O)C1CSCN1C(=O)c1cc(Cl)ccc1[N+](=O)[O-]. The molecule has 1 N–H and O–H groups in total. The van der Waals surface area contributed by atoms with Gasteiger partial charge in [-0.05, 0) is 12.1 Å². The number of nitro benzene ring substituents is 1. The molecular formula is C11H9ClN2O5S. The number of thioether (sulfide) groups is 1. The van der Waals surface area contributed by atoms with E-state index in [-0.39, 0.29) is 27.9 Å². The van der Waals surface area contributed by atoms with Crippen molar-refractivity contribution < 1.29 is 19.6 Å². The largest absolute Gasteiger partial charge is 0.480 e. The minimum atomic E-state index is -1.13. The van der Waals surface area contributed by atoms with E-state index in [4.69, 9.17) is 16.7 Å². The Balaban J connectivity index is 2.40. The van der Waals surface area contributed by atoms with Gasteiger partial charge < -0.3 is 10.0 Å². The molecule has 1 atom stereocenters. The van der Waals surface area contributed by atoms with Crippen LogP contribution in [0.4, 0.5) is 5.69 Å². The maximum absolute atomic E-state index is 12.3. The summed E-state index contributed by atoms with van der Waals surface area (Å²) in [5, 5.41) is 20.2. The first-order chi connectivity index (χ1) is 9.41. The van der Waals surface area contributed by atoms with Crippen molar-refractivity contribution >= 4 is 40.9 Å². The molecule has 1 aromatic rings. The number of hydrogen-bond acceptors (Lipinski definition) is 5. The molecule has 0 aliphatic carbocycles. The number of nitrogens with zero attached hydrogens (tertiary/aromatic N) is 2. The van der Waals surface area contributed by atoms with Crippen LogP contribution in [0.2, 0.25) is 5.02 Å². The van der Waals surface area contributed by atoms with E-state index in [1.807, 2.05) is 0 Å². The Hall–Kier alpha value is -1.80.